The molecule has 2 rings (SSSR count). The minimum atomic E-state index is -0.410. The quantitative estimate of drug-likeness (QED) is 0.866. The topological polar surface area (TPSA) is 50.4 Å². The second-order valence-corrected chi connectivity index (χ2v) is 5.08. The average Bonchev–Trinajstić information content (AvgIpc) is 2.78. The van der Waals surface area contributed by atoms with Crippen molar-refractivity contribution < 1.29 is 9.53 Å². The Bertz CT molecular complexity index is 417. The molecular formula is C15H22N2O2. The summed E-state index contributed by atoms with van der Waals surface area (Å²) in [5, 5.41) is 6.24. The van der Waals surface area contributed by atoms with Crippen LogP contribution in [0.2, 0.25) is 0 Å². The molecule has 2 unspecified atom stereocenters. The fourth-order valence-corrected chi connectivity index (χ4v) is 2.51. The molecule has 0 bridgehead atoms. The van der Waals surface area contributed by atoms with Gasteiger partial charge in [0.15, 0.2) is 0 Å². The van der Waals surface area contributed by atoms with Gasteiger partial charge in [0, 0.05) is 17.4 Å². The van der Waals surface area contributed by atoms with Crippen LogP contribution in [0, 0.1) is 5.92 Å². The highest BCUT2D eigenvalue weighted by Gasteiger charge is 2.22. The van der Waals surface area contributed by atoms with Gasteiger partial charge < -0.3 is 10.1 Å². The van der Waals surface area contributed by atoms with E-state index >= 15 is 0 Å². The molecule has 0 radical (unpaired) electrons. The third-order valence-corrected chi connectivity index (χ3v) is 3.62. The van der Waals surface area contributed by atoms with Crippen molar-refractivity contribution in [1.29, 1.82) is 0 Å². The zero-order valence-electron chi connectivity index (χ0n) is 11.6. The van der Waals surface area contributed by atoms with Crippen LogP contribution in [-0.2, 0) is 4.74 Å². The van der Waals surface area contributed by atoms with Crippen LogP contribution in [0.4, 0.5) is 16.2 Å². The molecule has 1 aliphatic rings. The molecule has 1 aromatic carbocycles. The SMILES string of the molecule is CCOC(=O)Nc1ccc(NC2CCCC2C)cc1. The zero-order chi connectivity index (χ0) is 13.7. The molecule has 0 aliphatic heterocycles. The van der Waals surface area contributed by atoms with E-state index in [0.29, 0.717) is 12.6 Å². The van der Waals surface area contributed by atoms with Gasteiger partial charge in [0.25, 0.3) is 0 Å². The lowest BCUT2D eigenvalue weighted by Gasteiger charge is -2.18. The van der Waals surface area contributed by atoms with Crippen LogP contribution in [0.5, 0.6) is 0 Å². The number of rotatable bonds is 4. The van der Waals surface area contributed by atoms with Gasteiger partial charge in [-0.2, -0.15) is 0 Å². The fraction of sp³-hybridized carbons (Fsp3) is 0.533. The zero-order valence-corrected chi connectivity index (χ0v) is 11.6. The molecule has 1 fully saturated rings. The largest absolute Gasteiger partial charge is 0.450 e. The standard InChI is InChI=1S/C15H22N2O2/c1-3-19-15(18)17-13-9-7-12(8-10-13)16-14-6-4-5-11(14)2/h7-11,14,16H,3-6H2,1-2H3,(H,17,18). The van der Waals surface area contributed by atoms with E-state index in [2.05, 4.69) is 17.6 Å². The highest BCUT2D eigenvalue weighted by molar-refractivity contribution is 5.84. The molecule has 2 N–H and O–H groups in total. The van der Waals surface area contributed by atoms with Gasteiger partial charge >= 0.3 is 6.09 Å². The number of ether oxygens (including phenoxy) is 1. The van der Waals surface area contributed by atoms with Crippen LogP contribution in [0.15, 0.2) is 24.3 Å². The van der Waals surface area contributed by atoms with Crippen LogP contribution < -0.4 is 10.6 Å². The van der Waals surface area contributed by atoms with E-state index in [4.69, 9.17) is 4.74 Å². The van der Waals surface area contributed by atoms with Crippen LogP contribution in [0.3, 0.4) is 0 Å². The molecule has 0 saturated heterocycles. The minimum Gasteiger partial charge on any atom is -0.450 e. The fourth-order valence-electron chi connectivity index (χ4n) is 2.51. The lowest BCUT2D eigenvalue weighted by atomic mass is 10.1. The maximum atomic E-state index is 11.3. The molecule has 0 spiro atoms. The van der Waals surface area contributed by atoms with E-state index in [9.17, 15) is 4.79 Å². The summed E-state index contributed by atoms with van der Waals surface area (Å²) in [6.45, 7) is 4.46. The van der Waals surface area contributed by atoms with Gasteiger partial charge in [-0.3, -0.25) is 5.32 Å². The summed E-state index contributed by atoms with van der Waals surface area (Å²) in [7, 11) is 0. The molecule has 1 saturated carbocycles. The summed E-state index contributed by atoms with van der Waals surface area (Å²) in [6, 6.07) is 8.33. The van der Waals surface area contributed by atoms with E-state index in [1.165, 1.54) is 19.3 Å². The predicted octanol–water partition coefficient (Wildman–Crippen LogP) is 3.86. The summed E-state index contributed by atoms with van der Waals surface area (Å²) in [4.78, 5) is 11.3. The third kappa shape index (κ3) is 3.88. The third-order valence-electron chi connectivity index (χ3n) is 3.62. The molecule has 19 heavy (non-hydrogen) atoms. The van der Waals surface area contributed by atoms with Gasteiger partial charge in [0.2, 0.25) is 0 Å². The highest BCUT2D eigenvalue weighted by atomic mass is 16.5. The average molecular weight is 262 g/mol. The maximum absolute atomic E-state index is 11.3. The molecule has 4 nitrogen and oxygen atoms in total. The predicted molar refractivity (Wildman–Crippen MR) is 77.5 cm³/mol. The number of benzene rings is 1. The summed E-state index contributed by atoms with van der Waals surface area (Å²) in [5.74, 6) is 0.734. The van der Waals surface area contributed by atoms with E-state index in [-0.39, 0.29) is 0 Å². The Morgan fingerprint density at radius 1 is 1.26 bits per heavy atom. The van der Waals surface area contributed by atoms with Crippen LogP contribution in [0.1, 0.15) is 33.1 Å². The molecular weight excluding hydrogens is 240 g/mol. The van der Waals surface area contributed by atoms with E-state index < -0.39 is 6.09 Å². The first-order chi connectivity index (χ1) is 9.19. The number of nitrogens with one attached hydrogen (secondary N) is 2. The summed E-state index contributed by atoms with van der Waals surface area (Å²) in [6.07, 6.45) is 3.44. The number of hydrogen-bond acceptors (Lipinski definition) is 3. The van der Waals surface area contributed by atoms with Gasteiger partial charge in [-0.25, -0.2) is 4.79 Å². The second kappa shape index (κ2) is 6.45. The van der Waals surface area contributed by atoms with Crippen LogP contribution in [0.25, 0.3) is 0 Å². The van der Waals surface area contributed by atoms with Crippen molar-refractivity contribution in [2.75, 3.05) is 17.2 Å². The van der Waals surface area contributed by atoms with Crippen molar-refractivity contribution in [3.05, 3.63) is 24.3 Å². The number of hydrogen-bond donors (Lipinski definition) is 2. The number of carbonyl (C=O) groups excluding carboxylic acids is 1. The van der Waals surface area contributed by atoms with E-state index in [1.807, 2.05) is 24.3 Å². The van der Waals surface area contributed by atoms with Gasteiger partial charge in [-0.15, -0.1) is 0 Å². The lowest BCUT2D eigenvalue weighted by molar-refractivity contribution is 0.168. The van der Waals surface area contributed by atoms with Gasteiger partial charge in [-0.05, 0) is 49.9 Å². The van der Waals surface area contributed by atoms with Crippen LogP contribution >= 0.6 is 0 Å². The lowest BCUT2D eigenvalue weighted by Crippen LogP contribution is -2.21. The monoisotopic (exact) mass is 262 g/mol. The Morgan fingerprint density at radius 3 is 2.53 bits per heavy atom. The van der Waals surface area contributed by atoms with Crippen LogP contribution in [-0.4, -0.2) is 18.7 Å². The Kier molecular flexibility index (Phi) is 4.66. The summed E-state index contributed by atoms with van der Waals surface area (Å²) < 4.78 is 4.83. The summed E-state index contributed by atoms with van der Waals surface area (Å²) >= 11 is 0. The first kappa shape index (κ1) is 13.7. The first-order valence-electron chi connectivity index (χ1n) is 6.99. The van der Waals surface area contributed by atoms with Crippen molar-refractivity contribution in [3.8, 4) is 0 Å². The Morgan fingerprint density at radius 2 is 1.95 bits per heavy atom. The van der Waals surface area contributed by atoms with Gasteiger partial charge in [-0.1, -0.05) is 13.3 Å². The Balaban J connectivity index is 1.89. The number of carbonyl (C=O) groups is 1. The Hall–Kier alpha value is -1.71. The second-order valence-electron chi connectivity index (χ2n) is 5.08. The van der Waals surface area contributed by atoms with Crippen molar-refractivity contribution in [2.24, 2.45) is 5.92 Å². The first-order valence-corrected chi connectivity index (χ1v) is 6.99. The van der Waals surface area contributed by atoms with Gasteiger partial charge in [0.05, 0.1) is 6.61 Å². The van der Waals surface area contributed by atoms with E-state index in [1.54, 1.807) is 6.92 Å². The molecule has 4 heteroatoms. The normalized spacial score (nSPS) is 22.0. The Labute approximate surface area is 114 Å². The smallest absolute Gasteiger partial charge is 0.411 e. The summed E-state index contributed by atoms with van der Waals surface area (Å²) in [5.41, 5.74) is 1.86. The molecule has 1 aliphatic carbocycles. The van der Waals surface area contributed by atoms with Crippen molar-refractivity contribution in [1.82, 2.24) is 0 Å². The van der Waals surface area contributed by atoms with Crippen molar-refractivity contribution in [3.63, 3.8) is 0 Å². The number of amides is 1. The van der Waals surface area contributed by atoms with Gasteiger partial charge in [0.1, 0.15) is 0 Å². The van der Waals surface area contributed by atoms with Crippen molar-refractivity contribution in [2.45, 2.75) is 39.2 Å². The molecule has 0 heterocycles. The number of anilines is 2. The maximum Gasteiger partial charge on any atom is 0.411 e. The highest BCUT2D eigenvalue weighted by Crippen LogP contribution is 2.28. The van der Waals surface area contributed by atoms with E-state index in [0.717, 1.165) is 17.3 Å². The molecule has 0 aromatic heterocycles. The molecule has 1 aromatic rings. The molecule has 1 amide bonds. The minimum absolute atomic E-state index is 0.380. The molecule has 104 valence electrons. The molecule has 2 atom stereocenters. The van der Waals surface area contributed by atoms with Crippen molar-refractivity contribution >= 4 is 17.5 Å².